The number of rotatable bonds is 4. The highest BCUT2D eigenvalue weighted by molar-refractivity contribution is 5.62. The van der Waals surface area contributed by atoms with Gasteiger partial charge < -0.3 is 15.2 Å². The molecule has 1 aromatic carbocycles. The van der Waals surface area contributed by atoms with Crippen LogP contribution in [0.2, 0.25) is 0 Å². The van der Waals surface area contributed by atoms with E-state index in [1.165, 1.54) is 35.2 Å². The number of aromatic nitrogens is 4. The summed E-state index contributed by atoms with van der Waals surface area (Å²) in [6, 6.07) is 7.95. The van der Waals surface area contributed by atoms with Crippen molar-refractivity contribution in [2.24, 2.45) is 0 Å². The molecule has 1 saturated heterocycles. The lowest BCUT2D eigenvalue weighted by molar-refractivity contribution is 0.0156. The second-order valence-electron chi connectivity index (χ2n) is 6.98. The van der Waals surface area contributed by atoms with Gasteiger partial charge in [-0.2, -0.15) is 10.4 Å². The molecule has 1 aliphatic rings. The predicted molar refractivity (Wildman–Crippen MR) is 107 cm³/mol. The Balaban J connectivity index is 1.62. The van der Waals surface area contributed by atoms with Gasteiger partial charge in [0.15, 0.2) is 0 Å². The molecule has 3 aromatic rings. The smallest absolute Gasteiger partial charge is 0.325 e. The first-order chi connectivity index (χ1) is 14.8. The summed E-state index contributed by atoms with van der Waals surface area (Å²) < 4.78 is 29.3. The van der Waals surface area contributed by atoms with Crippen molar-refractivity contribution in [2.45, 2.75) is 12.0 Å². The maximum atomic E-state index is 14.7. The predicted octanol–water partition coefficient (Wildman–Crippen LogP) is 0.621. The number of anilines is 2. The Kier molecular flexibility index (Phi) is 4.86. The summed E-state index contributed by atoms with van der Waals surface area (Å²) in [6.07, 6.45) is 1.12. The van der Waals surface area contributed by atoms with E-state index < -0.39 is 35.3 Å². The molecule has 0 radical (unpaired) electrons. The van der Waals surface area contributed by atoms with Crippen LogP contribution in [0.1, 0.15) is 5.56 Å². The number of aromatic amines is 3. The first kappa shape index (κ1) is 20.0. The fourth-order valence-corrected chi connectivity index (χ4v) is 3.33. The number of benzene rings is 1. The van der Waals surface area contributed by atoms with Crippen molar-refractivity contribution in [3.05, 3.63) is 73.3 Å². The number of hydrogen-bond acceptors (Lipinski definition) is 7. The van der Waals surface area contributed by atoms with Gasteiger partial charge >= 0.3 is 5.69 Å². The molecule has 1 atom stereocenters. The Morgan fingerprint density at radius 1 is 1.19 bits per heavy atom. The van der Waals surface area contributed by atoms with Gasteiger partial charge in [0.05, 0.1) is 29.4 Å². The maximum absolute atomic E-state index is 14.7. The van der Waals surface area contributed by atoms with Crippen LogP contribution >= 0.6 is 0 Å². The fourth-order valence-electron chi connectivity index (χ4n) is 3.33. The molecule has 0 saturated carbocycles. The minimum atomic E-state index is -3.17. The summed E-state index contributed by atoms with van der Waals surface area (Å²) in [4.78, 5) is 41.0. The Morgan fingerprint density at radius 2 is 1.94 bits per heavy atom. The van der Waals surface area contributed by atoms with Crippen LogP contribution in [-0.4, -0.2) is 45.2 Å². The molecule has 10 nitrogen and oxygen atoms in total. The van der Waals surface area contributed by atoms with Crippen LogP contribution in [0.25, 0.3) is 11.3 Å². The molecule has 0 spiro atoms. The second-order valence-corrected chi connectivity index (χ2v) is 6.98. The summed E-state index contributed by atoms with van der Waals surface area (Å²) in [6.45, 7) is -0.920. The average molecular weight is 427 g/mol. The van der Waals surface area contributed by atoms with Gasteiger partial charge in [-0.15, -0.1) is 0 Å². The minimum absolute atomic E-state index is 0.0129. The van der Waals surface area contributed by atoms with Crippen molar-refractivity contribution < 1.29 is 8.78 Å². The van der Waals surface area contributed by atoms with Gasteiger partial charge in [-0.3, -0.25) is 14.6 Å². The lowest BCUT2D eigenvalue weighted by Gasteiger charge is -2.19. The van der Waals surface area contributed by atoms with E-state index in [4.69, 9.17) is 5.26 Å². The number of nitrogens with zero attached hydrogens (tertiary/aromatic N) is 3. The quantitative estimate of drug-likeness (QED) is 0.477. The van der Waals surface area contributed by atoms with E-state index in [2.05, 4.69) is 20.5 Å². The summed E-state index contributed by atoms with van der Waals surface area (Å²) in [5.41, 5.74) is -1.43. The summed E-state index contributed by atoms with van der Waals surface area (Å²) >= 11 is 0. The summed E-state index contributed by atoms with van der Waals surface area (Å²) in [5.74, 6) is -3.17. The zero-order chi connectivity index (χ0) is 22.2. The Morgan fingerprint density at radius 3 is 2.61 bits per heavy atom. The molecule has 158 valence electrons. The number of hydrogen-bond donors (Lipinski definition) is 4. The Bertz CT molecular complexity index is 1340. The van der Waals surface area contributed by atoms with Crippen molar-refractivity contribution in [1.29, 1.82) is 5.26 Å². The maximum Gasteiger partial charge on any atom is 0.325 e. The van der Waals surface area contributed by atoms with Crippen LogP contribution in [0, 0.1) is 11.3 Å². The third-order valence-corrected chi connectivity index (χ3v) is 4.89. The monoisotopic (exact) mass is 427 g/mol. The number of H-pyrrole nitrogens is 3. The van der Waals surface area contributed by atoms with Crippen LogP contribution in [0.3, 0.4) is 0 Å². The van der Waals surface area contributed by atoms with Crippen molar-refractivity contribution in [3.8, 4) is 17.3 Å². The van der Waals surface area contributed by atoms with E-state index in [0.717, 1.165) is 6.20 Å². The SMILES string of the molecule is N#Cc1ccc(NC2CN(c3cc(-c4c[nH]c(=O)[nH]c4=O)n[nH]c3=O)CC2(F)F)cc1. The summed E-state index contributed by atoms with van der Waals surface area (Å²) in [5, 5.41) is 17.6. The number of nitrogens with one attached hydrogen (secondary N) is 4. The molecular weight excluding hydrogens is 412 g/mol. The van der Waals surface area contributed by atoms with Gasteiger partial charge in [-0.1, -0.05) is 0 Å². The summed E-state index contributed by atoms with van der Waals surface area (Å²) in [7, 11) is 0. The number of alkyl halides is 2. The minimum Gasteiger partial charge on any atom is -0.375 e. The lowest BCUT2D eigenvalue weighted by atomic mass is 10.1. The average Bonchev–Trinajstić information content (AvgIpc) is 3.03. The van der Waals surface area contributed by atoms with E-state index in [1.807, 2.05) is 11.1 Å². The second kappa shape index (κ2) is 7.52. The van der Waals surface area contributed by atoms with Gasteiger partial charge in [-0.25, -0.2) is 18.7 Å². The number of nitriles is 1. The zero-order valence-electron chi connectivity index (χ0n) is 15.8. The van der Waals surface area contributed by atoms with Crippen molar-refractivity contribution >= 4 is 11.4 Å². The van der Waals surface area contributed by atoms with E-state index in [0.29, 0.717) is 11.3 Å². The van der Waals surface area contributed by atoms with E-state index in [1.54, 1.807) is 0 Å². The van der Waals surface area contributed by atoms with Gasteiger partial charge in [-0.05, 0) is 30.3 Å². The molecule has 2 aromatic heterocycles. The lowest BCUT2D eigenvalue weighted by Crippen LogP contribution is -2.38. The third-order valence-electron chi connectivity index (χ3n) is 4.89. The molecule has 4 rings (SSSR count). The Hall–Kier alpha value is -4.27. The molecule has 0 bridgehead atoms. The molecule has 1 fully saturated rings. The van der Waals surface area contributed by atoms with Crippen molar-refractivity contribution in [3.63, 3.8) is 0 Å². The highest BCUT2D eigenvalue weighted by Gasteiger charge is 2.48. The van der Waals surface area contributed by atoms with Crippen LogP contribution in [-0.2, 0) is 0 Å². The molecule has 12 heteroatoms. The molecule has 4 N–H and O–H groups in total. The van der Waals surface area contributed by atoms with Gasteiger partial charge in [0.25, 0.3) is 17.0 Å². The molecule has 1 aliphatic heterocycles. The first-order valence-electron chi connectivity index (χ1n) is 9.08. The van der Waals surface area contributed by atoms with E-state index >= 15 is 0 Å². The highest BCUT2D eigenvalue weighted by Crippen LogP contribution is 2.32. The van der Waals surface area contributed by atoms with Crippen LogP contribution in [0.4, 0.5) is 20.2 Å². The van der Waals surface area contributed by atoms with E-state index in [9.17, 15) is 23.2 Å². The molecule has 31 heavy (non-hydrogen) atoms. The number of halogens is 2. The molecular formula is C19H15F2N7O3. The fraction of sp³-hybridized carbons (Fsp3) is 0.211. The molecule has 1 unspecified atom stereocenters. The molecule has 0 amide bonds. The van der Waals surface area contributed by atoms with Gasteiger partial charge in [0, 0.05) is 18.4 Å². The standard InChI is InChI=1S/C19H15F2N7O3/c20-19(21)9-28(8-15(19)24-11-3-1-10(6-22)2-4-11)14-5-13(26-27-17(14)30)12-7-23-18(31)25-16(12)29/h1-5,7,15,24H,8-9H2,(H,27,30)(H2,23,25,29,31). The van der Waals surface area contributed by atoms with Crippen LogP contribution in [0.15, 0.2) is 50.9 Å². The topological polar surface area (TPSA) is 151 Å². The Labute approximate surface area is 172 Å². The van der Waals surface area contributed by atoms with E-state index in [-0.39, 0.29) is 23.5 Å². The van der Waals surface area contributed by atoms with Crippen LogP contribution < -0.4 is 27.0 Å². The van der Waals surface area contributed by atoms with Gasteiger partial charge in [0.1, 0.15) is 11.7 Å². The first-order valence-corrected chi connectivity index (χ1v) is 9.08. The third kappa shape index (κ3) is 3.93. The molecule has 0 aliphatic carbocycles. The molecule has 3 heterocycles. The normalized spacial score (nSPS) is 17.3. The zero-order valence-corrected chi connectivity index (χ0v) is 15.8. The van der Waals surface area contributed by atoms with Crippen LogP contribution in [0.5, 0.6) is 0 Å². The largest absolute Gasteiger partial charge is 0.375 e. The highest BCUT2D eigenvalue weighted by atomic mass is 19.3. The van der Waals surface area contributed by atoms with Crippen molar-refractivity contribution in [2.75, 3.05) is 23.3 Å². The van der Waals surface area contributed by atoms with Crippen molar-refractivity contribution in [1.82, 2.24) is 20.2 Å². The van der Waals surface area contributed by atoms with Gasteiger partial charge in [0.2, 0.25) is 0 Å².